The highest BCUT2D eigenvalue weighted by molar-refractivity contribution is 5.93. The molecule has 1 aromatic heterocycles. The van der Waals surface area contributed by atoms with Crippen LogP contribution in [0.15, 0.2) is 65.2 Å². The molecule has 6 heteroatoms. The minimum atomic E-state index is -0.777. The molecule has 3 aromatic rings. The molecule has 0 saturated carbocycles. The zero-order valence-corrected chi connectivity index (χ0v) is 12.9. The second-order valence-corrected chi connectivity index (χ2v) is 5.15. The monoisotopic (exact) mass is 326 g/mol. The fraction of sp³-hybridized carbons (Fsp3) is 0.111. The van der Waals surface area contributed by atoms with Crippen molar-refractivity contribution in [2.45, 2.75) is 13.0 Å². The zero-order chi connectivity index (χ0) is 16.9. The van der Waals surface area contributed by atoms with Gasteiger partial charge in [0.05, 0.1) is 0 Å². The number of ether oxygens (including phenoxy) is 1. The quantitative estimate of drug-likeness (QED) is 0.772. The average molecular weight is 326 g/mol. The second kappa shape index (κ2) is 6.95. The number of nitrogens with one attached hydrogen (secondary N) is 1. The number of nitrogens with zero attached hydrogens (tertiary/aromatic N) is 1. The molecule has 24 heavy (non-hydrogen) atoms. The Balaban J connectivity index is 1.62. The van der Waals surface area contributed by atoms with Gasteiger partial charge < -0.3 is 9.26 Å². The summed E-state index contributed by atoms with van der Waals surface area (Å²) in [5.41, 5.74) is 1.51. The predicted molar refractivity (Wildman–Crippen MR) is 87.1 cm³/mol. The van der Waals surface area contributed by atoms with Gasteiger partial charge in [-0.1, -0.05) is 35.5 Å². The molecule has 0 aliphatic carbocycles. The Hall–Kier alpha value is -3.15. The van der Waals surface area contributed by atoms with Crippen LogP contribution in [-0.4, -0.2) is 17.2 Å². The molecule has 1 amide bonds. The van der Waals surface area contributed by atoms with Crippen LogP contribution in [0.4, 0.5) is 10.3 Å². The maximum Gasteiger partial charge on any atom is 0.267 e. The van der Waals surface area contributed by atoms with Crippen molar-refractivity contribution in [3.05, 3.63) is 66.5 Å². The van der Waals surface area contributed by atoms with Crippen molar-refractivity contribution >= 4 is 11.8 Å². The lowest BCUT2D eigenvalue weighted by atomic mass is 10.1. The van der Waals surface area contributed by atoms with Crippen LogP contribution in [-0.2, 0) is 4.79 Å². The van der Waals surface area contributed by atoms with Crippen molar-refractivity contribution in [1.29, 1.82) is 0 Å². The van der Waals surface area contributed by atoms with Crippen LogP contribution in [0.2, 0.25) is 0 Å². The largest absolute Gasteiger partial charge is 0.481 e. The Morgan fingerprint density at radius 3 is 2.58 bits per heavy atom. The molecule has 122 valence electrons. The van der Waals surface area contributed by atoms with Crippen LogP contribution in [0.3, 0.4) is 0 Å². The third-order valence-corrected chi connectivity index (χ3v) is 3.32. The fourth-order valence-corrected chi connectivity index (χ4v) is 2.07. The molecule has 0 fully saturated rings. The summed E-state index contributed by atoms with van der Waals surface area (Å²) in [6, 6.07) is 16.6. The SMILES string of the molecule is C[C@H](Oc1ccc(F)cc1)C(=O)Nc1cc(-c2ccccc2)no1. The van der Waals surface area contributed by atoms with Crippen molar-refractivity contribution in [3.63, 3.8) is 0 Å². The van der Waals surface area contributed by atoms with E-state index in [1.165, 1.54) is 24.3 Å². The maximum atomic E-state index is 12.9. The number of hydrogen-bond donors (Lipinski definition) is 1. The standard InChI is InChI=1S/C18H15FN2O3/c1-12(23-15-9-7-14(19)8-10-15)18(22)20-17-11-16(21-24-17)13-5-3-2-4-6-13/h2-12H,1H3,(H,20,22)/t12-/m0/s1. The van der Waals surface area contributed by atoms with Crippen LogP contribution >= 0.6 is 0 Å². The van der Waals surface area contributed by atoms with Crippen LogP contribution in [0.5, 0.6) is 5.75 Å². The lowest BCUT2D eigenvalue weighted by Gasteiger charge is -2.13. The molecule has 0 spiro atoms. The van der Waals surface area contributed by atoms with Crippen LogP contribution < -0.4 is 10.1 Å². The summed E-state index contributed by atoms with van der Waals surface area (Å²) in [5, 5.41) is 6.52. The topological polar surface area (TPSA) is 64.4 Å². The molecule has 2 aromatic carbocycles. The molecular weight excluding hydrogens is 311 g/mol. The molecule has 0 radical (unpaired) electrons. The molecular formula is C18H15FN2O3. The molecule has 0 unspecified atom stereocenters. The number of halogens is 1. The highest BCUT2D eigenvalue weighted by atomic mass is 19.1. The van der Waals surface area contributed by atoms with Gasteiger partial charge in [-0.05, 0) is 31.2 Å². The summed E-state index contributed by atoms with van der Waals surface area (Å²) >= 11 is 0. The molecule has 1 N–H and O–H groups in total. The normalized spacial score (nSPS) is 11.8. The Bertz CT molecular complexity index is 816. The molecule has 0 saturated heterocycles. The number of hydrogen-bond acceptors (Lipinski definition) is 4. The van der Waals surface area contributed by atoms with Gasteiger partial charge in [-0.2, -0.15) is 0 Å². The Morgan fingerprint density at radius 1 is 1.17 bits per heavy atom. The van der Waals surface area contributed by atoms with Gasteiger partial charge in [-0.25, -0.2) is 4.39 Å². The van der Waals surface area contributed by atoms with Gasteiger partial charge in [0.2, 0.25) is 5.88 Å². The van der Waals surface area contributed by atoms with E-state index in [1.807, 2.05) is 30.3 Å². The molecule has 1 heterocycles. The number of rotatable bonds is 5. The highest BCUT2D eigenvalue weighted by Crippen LogP contribution is 2.21. The first-order valence-electron chi connectivity index (χ1n) is 7.37. The number of carbonyl (C=O) groups excluding carboxylic acids is 1. The number of aromatic nitrogens is 1. The summed E-state index contributed by atoms with van der Waals surface area (Å²) in [6.45, 7) is 1.59. The number of carbonyl (C=O) groups is 1. The smallest absolute Gasteiger partial charge is 0.267 e. The van der Waals surface area contributed by atoms with E-state index in [9.17, 15) is 9.18 Å². The summed E-state index contributed by atoms with van der Waals surface area (Å²) < 4.78 is 23.4. The summed E-state index contributed by atoms with van der Waals surface area (Å²) in [7, 11) is 0. The number of amides is 1. The first-order chi connectivity index (χ1) is 11.6. The van der Waals surface area contributed by atoms with Gasteiger partial charge in [0.25, 0.3) is 5.91 Å². The predicted octanol–water partition coefficient (Wildman–Crippen LogP) is 3.89. The van der Waals surface area contributed by atoms with Gasteiger partial charge in [0.15, 0.2) is 6.10 Å². The van der Waals surface area contributed by atoms with E-state index in [4.69, 9.17) is 9.26 Å². The van der Waals surface area contributed by atoms with E-state index in [2.05, 4.69) is 10.5 Å². The van der Waals surface area contributed by atoms with Gasteiger partial charge in [0, 0.05) is 11.6 Å². The maximum absolute atomic E-state index is 12.9. The molecule has 0 bridgehead atoms. The number of anilines is 1. The van der Waals surface area contributed by atoms with E-state index in [1.54, 1.807) is 13.0 Å². The van der Waals surface area contributed by atoms with Crippen LogP contribution in [0, 0.1) is 5.82 Å². The minimum Gasteiger partial charge on any atom is -0.481 e. The Labute approximate surface area is 138 Å². The average Bonchev–Trinajstić information content (AvgIpc) is 3.06. The molecule has 0 aliphatic rings. The van der Waals surface area contributed by atoms with Gasteiger partial charge in [-0.15, -0.1) is 0 Å². The van der Waals surface area contributed by atoms with Gasteiger partial charge in [-0.3, -0.25) is 10.1 Å². The van der Waals surface area contributed by atoms with Gasteiger partial charge >= 0.3 is 0 Å². The van der Waals surface area contributed by atoms with E-state index < -0.39 is 12.0 Å². The molecule has 3 rings (SSSR count). The van der Waals surface area contributed by atoms with Crippen molar-refractivity contribution in [2.75, 3.05) is 5.32 Å². The van der Waals surface area contributed by atoms with Crippen molar-refractivity contribution in [2.24, 2.45) is 0 Å². The van der Waals surface area contributed by atoms with Crippen molar-refractivity contribution in [1.82, 2.24) is 5.16 Å². The lowest BCUT2D eigenvalue weighted by Crippen LogP contribution is -2.29. The molecule has 0 aliphatic heterocycles. The summed E-state index contributed by atoms with van der Waals surface area (Å²) in [6.07, 6.45) is -0.777. The van der Waals surface area contributed by atoms with E-state index in [0.717, 1.165) is 5.56 Å². The van der Waals surface area contributed by atoms with Crippen LogP contribution in [0.25, 0.3) is 11.3 Å². The van der Waals surface area contributed by atoms with Gasteiger partial charge in [0.1, 0.15) is 17.3 Å². The van der Waals surface area contributed by atoms with E-state index in [0.29, 0.717) is 11.4 Å². The first-order valence-corrected chi connectivity index (χ1v) is 7.37. The van der Waals surface area contributed by atoms with Crippen LogP contribution in [0.1, 0.15) is 6.92 Å². The van der Waals surface area contributed by atoms with E-state index >= 15 is 0 Å². The summed E-state index contributed by atoms with van der Waals surface area (Å²) in [5.74, 6) is -0.125. The zero-order valence-electron chi connectivity index (χ0n) is 12.9. The van der Waals surface area contributed by atoms with E-state index in [-0.39, 0.29) is 11.7 Å². The Morgan fingerprint density at radius 2 is 1.88 bits per heavy atom. The fourth-order valence-electron chi connectivity index (χ4n) is 2.07. The first kappa shape index (κ1) is 15.7. The van der Waals surface area contributed by atoms with Crippen molar-refractivity contribution in [3.8, 4) is 17.0 Å². The second-order valence-electron chi connectivity index (χ2n) is 5.15. The summed E-state index contributed by atoms with van der Waals surface area (Å²) in [4.78, 5) is 12.1. The third-order valence-electron chi connectivity index (χ3n) is 3.32. The van der Waals surface area contributed by atoms with Crippen molar-refractivity contribution < 1.29 is 18.4 Å². The molecule has 5 nitrogen and oxygen atoms in total. The molecule has 1 atom stereocenters. The third kappa shape index (κ3) is 3.78. The Kier molecular flexibility index (Phi) is 4.56. The highest BCUT2D eigenvalue weighted by Gasteiger charge is 2.17. The lowest BCUT2D eigenvalue weighted by molar-refractivity contribution is -0.122. The minimum absolute atomic E-state index is 0.230. The number of benzene rings is 2.